The Morgan fingerprint density at radius 1 is 0.698 bits per heavy atom. The molecule has 3 aliphatic heterocycles. The van der Waals surface area contributed by atoms with Gasteiger partial charge in [0.05, 0.1) is 34.1 Å². The third-order valence-electron chi connectivity index (χ3n) is 27.2. The minimum Gasteiger partial charge on any atom is -0.462 e. The molecule has 0 aromatic heterocycles. The maximum absolute atomic E-state index is 16.2. The molecule has 7 fully saturated rings. The molecule has 0 radical (unpaired) electrons. The molecule has 1 saturated heterocycles. The Morgan fingerprint density at radius 3 is 2.28 bits per heavy atom. The quantitative estimate of drug-likeness (QED) is 0.0946. The van der Waals surface area contributed by atoms with E-state index in [0.717, 1.165) is 81.3 Å². The van der Waals surface area contributed by atoms with Crippen molar-refractivity contribution < 1.29 is 34.4 Å². The number of benzene rings is 4. The minimum absolute atomic E-state index is 0.0746. The Labute approximate surface area is 520 Å². The Hall–Kier alpha value is -4.04. The van der Waals surface area contributed by atoms with Crippen molar-refractivity contribution in [3.8, 4) is 11.8 Å². The maximum Gasteiger partial charge on any atom is 0.331 e. The minimum atomic E-state index is -1.76. The molecule has 4 bridgehead atoms. The van der Waals surface area contributed by atoms with Gasteiger partial charge in [0.2, 0.25) is 0 Å². The van der Waals surface area contributed by atoms with Gasteiger partial charge in [-0.1, -0.05) is 158 Å². The van der Waals surface area contributed by atoms with Crippen molar-refractivity contribution in [2.75, 3.05) is 18.1 Å². The number of hydrogen-bond acceptors (Lipinski definition) is 9. The van der Waals surface area contributed by atoms with Gasteiger partial charge < -0.3 is 24.8 Å². The molecule has 3 N–H and O–H groups in total. The van der Waals surface area contributed by atoms with Crippen molar-refractivity contribution in [1.29, 1.82) is 0 Å². The highest BCUT2D eigenvalue weighted by Crippen LogP contribution is 2.78. The second kappa shape index (κ2) is 22.1. The van der Waals surface area contributed by atoms with Gasteiger partial charge in [0.25, 0.3) is 0 Å². The Morgan fingerprint density at radius 2 is 1.47 bits per heavy atom. The summed E-state index contributed by atoms with van der Waals surface area (Å²) in [5.41, 5.74) is 2.92. The average molecular weight is 1200 g/mol. The molecule has 9 heteroatoms. The van der Waals surface area contributed by atoms with Crippen LogP contribution in [-0.4, -0.2) is 69.3 Å². The van der Waals surface area contributed by atoms with E-state index >= 15 is 9.90 Å². The molecule has 8 aliphatic carbocycles. The van der Waals surface area contributed by atoms with E-state index in [4.69, 9.17) is 9.47 Å². The predicted molar refractivity (Wildman–Crippen MR) is 345 cm³/mol. The van der Waals surface area contributed by atoms with Gasteiger partial charge in [-0.05, 0) is 225 Å². The van der Waals surface area contributed by atoms with Crippen LogP contribution in [0.25, 0.3) is 10.8 Å². The molecule has 3 heterocycles. The van der Waals surface area contributed by atoms with Crippen LogP contribution in [0.5, 0.6) is 0 Å². The molecule has 19 atom stereocenters. The Bertz CT molecular complexity index is 3350. The first kappa shape index (κ1) is 58.3. The lowest BCUT2D eigenvalue weighted by Gasteiger charge is -2.72. The molecule has 6 saturated carbocycles. The fourth-order valence-corrected chi connectivity index (χ4v) is 26.3. The zero-order valence-electron chi connectivity index (χ0n) is 51.5. The second-order valence-corrected chi connectivity index (χ2v) is 33.5. The number of hydrogen-bond donors (Lipinski definition) is 3. The number of esters is 2. The molecule has 456 valence electrons. The molecule has 4 aromatic carbocycles. The van der Waals surface area contributed by atoms with Crippen molar-refractivity contribution >= 4 is 44.3 Å². The van der Waals surface area contributed by atoms with Crippen LogP contribution in [-0.2, 0) is 30.9 Å². The van der Waals surface area contributed by atoms with Crippen molar-refractivity contribution in [2.45, 2.75) is 222 Å². The number of aliphatic hydroxyl groups excluding tert-OH is 2. The van der Waals surface area contributed by atoms with E-state index in [0.29, 0.717) is 68.1 Å². The zero-order valence-corrected chi connectivity index (χ0v) is 53.2. The van der Waals surface area contributed by atoms with Gasteiger partial charge in [-0.3, -0.25) is 4.79 Å². The largest absolute Gasteiger partial charge is 0.462 e. The van der Waals surface area contributed by atoms with E-state index in [2.05, 4.69) is 124 Å². The number of carbonyl (C=O) groups is 2. The Kier molecular flexibility index (Phi) is 15.0. The molecule has 19 unspecified atom stereocenters. The first-order valence-corrected chi connectivity index (χ1v) is 36.7. The van der Waals surface area contributed by atoms with Gasteiger partial charge in [-0.15, -0.1) is 5.92 Å². The normalized spacial score (nSPS) is 43.5. The number of rotatable bonds is 7. The topological polar surface area (TPSA) is 113 Å². The van der Waals surface area contributed by atoms with Crippen molar-refractivity contribution in [2.24, 2.45) is 62.6 Å². The summed E-state index contributed by atoms with van der Waals surface area (Å²) >= 11 is 0. The van der Waals surface area contributed by atoms with Gasteiger partial charge in [-0.25, -0.2) is 4.79 Å². The molecule has 0 amide bonds. The lowest BCUT2D eigenvalue weighted by atomic mass is 9.34. The van der Waals surface area contributed by atoms with Crippen molar-refractivity contribution in [3.63, 3.8) is 0 Å². The molecule has 7 nitrogen and oxygen atoms in total. The second-order valence-electron chi connectivity index (χ2n) is 30.9. The van der Waals surface area contributed by atoms with Gasteiger partial charge >= 0.3 is 11.9 Å². The van der Waals surface area contributed by atoms with Crippen LogP contribution in [0, 0.1) is 74.4 Å². The number of carbonyl (C=O) groups excluding carboxylic acids is 2. The number of aliphatic hydroxyl groups is 3. The fraction of sp³-hybridized carbons (Fsp3) is 0.636. The predicted octanol–water partition coefficient (Wildman–Crippen LogP) is 16.3. The third-order valence-corrected chi connectivity index (χ3v) is 29.8. The van der Waals surface area contributed by atoms with E-state index in [1.165, 1.54) is 66.8 Å². The highest BCUT2D eigenvalue weighted by Gasteiger charge is 2.79. The monoisotopic (exact) mass is 1190 g/mol. The number of cyclic esters (lactones) is 1. The summed E-state index contributed by atoms with van der Waals surface area (Å²) in [5.74, 6) is 11.0. The highest BCUT2D eigenvalue weighted by atomic mass is 33.1. The maximum atomic E-state index is 16.2. The average Bonchev–Trinajstić information content (AvgIpc) is 1.04. The van der Waals surface area contributed by atoms with Crippen molar-refractivity contribution in [3.05, 3.63) is 130 Å². The first-order valence-electron chi connectivity index (χ1n) is 34.2. The summed E-state index contributed by atoms with van der Waals surface area (Å²) < 4.78 is 13.1. The first-order chi connectivity index (χ1) is 41.7. The molecule has 11 aliphatic rings. The van der Waals surface area contributed by atoms with Gasteiger partial charge in [0.1, 0.15) is 12.7 Å². The smallest absolute Gasteiger partial charge is 0.331 e. The van der Waals surface area contributed by atoms with Gasteiger partial charge in [0.15, 0.2) is 0 Å². The van der Waals surface area contributed by atoms with E-state index in [-0.39, 0.29) is 53.6 Å². The van der Waals surface area contributed by atoms with Gasteiger partial charge in [0, 0.05) is 41.8 Å². The van der Waals surface area contributed by atoms with E-state index in [9.17, 15) is 15.0 Å². The molecule has 15 rings (SSSR count). The van der Waals surface area contributed by atoms with E-state index < -0.39 is 51.5 Å². The summed E-state index contributed by atoms with van der Waals surface area (Å²) in [6.45, 7) is 7.07. The van der Waals surface area contributed by atoms with Crippen LogP contribution in [0.3, 0.4) is 0 Å². The third kappa shape index (κ3) is 8.80. The Balaban J connectivity index is 0.880. The summed E-state index contributed by atoms with van der Waals surface area (Å²) in [6.07, 6.45) is 19.6. The summed E-state index contributed by atoms with van der Waals surface area (Å²) in [7, 11) is 3.90. The van der Waals surface area contributed by atoms with Crippen LogP contribution < -0.4 is 0 Å². The number of fused-ring (bicyclic) bond motifs is 5. The fourth-order valence-electron chi connectivity index (χ4n) is 23.4. The van der Waals surface area contributed by atoms with E-state index in [1.807, 2.05) is 21.6 Å². The molecular formula is C77H94O7S2. The molecular weight excluding hydrogens is 1100 g/mol. The lowest BCUT2D eigenvalue weighted by Crippen LogP contribution is -2.79. The summed E-state index contributed by atoms with van der Waals surface area (Å²) in [4.78, 5) is 29.0. The van der Waals surface area contributed by atoms with Crippen LogP contribution in [0.1, 0.15) is 214 Å². The van der Waals surface area contributed by atoms with Crippen LogP contribution in [0.2, 0.25) is 0 Å². The standard InChI is InChI=1S/C77H94O7S2/c1-49-24-27-63(78)77-64(79)31-36-72(3,56-30-38-74-37-29-54-44-75(55-19-8-5-9-20-55)34-13-11-23-60(75)59-26-25-53-18-14-22-58(61(74)43-56)66(53)67(59)68(54)74)69(77)62-45-71(2,76(77,82)39-28-51-42-65(80)83-46-51)32-15-35-73(70(81)84-62)33-12-10-21-57(73)48-86-85-47-52(40-49)41-50-16-6-4-7-17-50/h4-9,14,16-20,22,25-26,42,49,52,54,56-57,60-64,68-69,78-79,82H,10-13,21,23-24,27-31,33-41,43-48H2,1-3H3. The summed E-state index contributed by atoms with van der Waals surface area (Å²) in [6, 6.07) is 34.9. The van der Waals surface area contributed by atoms with E-state index in [1.54, 1.807) is 22.8 Å². The number of ether oxygens (including phenoxy) is 2. The molecule has 86 heavy (non-hydrogen) atoms. The van der Waals surface area contributed by atoms with Crippen LogP contribution >= 0.6 is 21.6 Å². The highest BCUT2D eigenvalue weighted by molar-refractivity contribution is 8.76. The zero-order chi connectivity index (χ0) is 58.8. The van der Waals surface area contributed by atoms with Crippen LogP contribution in [0.4, 0.5) is 0 Å². The lowest BCUT2D eigenvalue weighted by molar-refractivity contribution is -0.340. The summed E-state index contributed by atoms with van der Waals surface area (Å²) in [5, 5.41) is 46.0. The molecule has 4 aromatic rings. The SMILES string of the molecule is CC1CCC(O)C23C(O)CCC(C)(C4CCC56CCC7CC8(c9ccccc9)CCCCC8c8ccc9cccc(c9c8C75)C6C4)C2C2CC(C)(C#CCC4(CCCCC4CSSCC(Cc4ccccc4)C1)C(=O)O2)C3(O)CCC1=CC(=O)OC1. The van der Waals surface area contributed by atoms with Crippen molar-refractivity contribution in [1.82, 2.24) is 0 Å². The molecule has 2 spiro atoms. The van der Waals surface area contributed by atoms with Gasteiger partial charge in [-0.2, -0.15) is 0 Å². The van der Waals surface area contributed by atoms with Crippen LogP contribution in [0.15, 0.2) is 103 Å².